The van der Waals surface area contributed by atoms with E-state index >= 15 is 0 Å². The average molecular weight is 160 g/mol. The SMILES string of the molecule is CCNC(CC)(CO)NCC. The van der Waals surface area contributed by atoms with Crippen LogP contribution in [-0.2, 0) is 0 Å². The highest BCUT2D eigenvalue weighted by molar-refractivity contribution is 4.81. The lowest BCUT2D eigenvalue weighted by Gasteiger charge is -2.32. The van der Waals surface area contributed by atoms with Gasteiger partial charge in [-0.1, -0.05) is 20.8 Å². The fourth-order valence-electron chi connectivity index (χ4n) is 1.21. The molecule has 3 N–H and O–H groups in total. The van der Waals surface area contributed by atoms with E-state index in [-0.39, 0.29) is 12.3 Å². The zero-order valence-corrected chi connectivity index (χ0v) is 7.78. The predicted octanol–water partition coefficient (Wildman–Crippen LogP) is 0.304. The minimum atomic E-state index is -0.260. The summed E-state index contributed by atoms with van der Waals surface area (Å²) in [4.78, 5) is 0. The van der Waals surface area contributed by atoms with E-state index in [0.29, 0.717) is 0 Å². The molecule has 0 aliphatic heterocycles. The van der Waals surface area contributed by atoms with Crippen molar-refractivity contribution in [1.29, 1.82) is 0 Å². The molecule has 3 heteroatoms. The number of hydrogen-bond donors (Lipinski definition) is 3. The Bertz CT molecular complexity index is 84.1. The van der Waals surface area contributed by atoms with Crippen LogP contribution in [0, 0.1) is 0 Å². The summed E-state index contributed by atoms with van der Waals surface area (Å²) in [5.74, 6) is 0. The molecule has 0 fully saturated rings. The third-order valence-corrected chi connectivity index (χ3v) is 1.90. The predicted molar refractivity (Wildman–Crippen MR) is 47.5 cm³/mol. The van der Waals surface area contributed by atoms with Crippen molar-refractivity contribution in [3.05, 3.63) is 0 Å². The van der Waals surface area contributed by atoms with Crippen LogP contribution in [-0.4, -0.2) is 30.5 Å². The second-order valence-electron chi connectivity index (χ2n) is 2.65. The molecule has 0 radical (unpaired) electrons. The normalized spacial score (nSPS) is 12.0. The summed E-state index contributed by atoms with van der Waals surface area (Å²) < 4.78 is 0. The maximum Gasteiger partial charge on any atom is 0.0922 e. The lowest BCUT2D eigenvalue weighted by molar-refractivity contribution is 0.127. The van der Waals surface area contributed by atoms with Crippen molar-refractivity contribution >= 4 is 0 Å². The van der Waals surface area contributed by atoms with Gasteiger partial charge in [-0.2, -0.15) is 0 Å². The summed E-state index contributed by atoms with van der Waals surface area (Å²) in [5, 5.41) is 15.6. The zero-order chi connectivity index (χ0) is 8.74. The van der Waals surface area contributed by atoms with E-state index in [1.54, 1.807) is 0 Å². The molecule has 0 spiro atoms. The fourth-order valence-corrected chi connectivity index (χ4v) is 1.21. The van der Waals surface area contributed by atoms with Crippen molar-refractivity contribution in [3.63, 3.8) is 0 Å². The van der Waals surface area contributed by atoms with Crippen LogP contribution in [0.15, 0.2) is 0 Å². The van der Waals surface area contributed by atoms with Gasteiger partial charge in [0.15, 0.2) is 0 Å². The molecule has 68 valence electrons. The lowest BCUT2D eigenvalue weighted by atomic mass is 10.1. The molecule has 0 aromatic carbocycles. The summed E-state index contributed by atoms with van der Waals surface area (Å²) in [5.41, 5.74) is -0.260. The van der Waals surface area contributed by atoms with Crippen molar-refractivity contribution in [2.45, 2.75) is 32.9 Å². The Hall–Kier alpha value is -0.120. The van der Waals surface area contributed by atoms with E-state index in [9.17, 15) is 0 Å². The number of rotatable bonds is 6. The number of nitrogens with one attached hydrogen (secondary N) is 2. The molecule has 0 saturated heterocycles. The zero-order valence-electron chi connectivity index (χ0n) is 7.78. The van der Waals surface area contributed by atoms with Crippen LogP contribution in [0.5, 0.6) is 0 Å². The van der Waals surface area contributed by atoms with E-state index in [4.69, 9.17) is 5.11 Å². The van der Waals surface area contributed by atoms with Gasteiger partial charge in [0.05, 0.1) is 12.3 Å². The molecule has 0 saturated carbocycles. The fraction of sp³-hybridized carbons (Fsp3) is 1.00. The highest BCUT2D eigenvalue weighted by Crippen LogP contribution is 2.03. The largest absolute Gasteiger partial charge is 0.393 e. The van der Waals surface area contributed by atoms with E-state index in [1.807, 2.05) is 13.8 Å². The molecular formula is C8H20N2O. The van der Waals surface area contributed by atoms with Gasteiger partial charge in [0.2, 0.25) is 0 Å². The second kappa shape index (κ2) is 5.52. The first-order chi connectivity index (χ1) is 5.24. The molecule has 0 aliphatic carbocycles. The monoisotopic (exact) mass is 160 g/mol. The summed E-state index contributed by atoms with van der Waals surface area (Å²) in [6.07, 6.45) is 0.894. The molecule has 0 aromatic rings. The molecule has 3 nitrogen and oxygen atoms in total. The molecule has 0 rings (SSSR count). The number of aliphatic hydroxyl groups is 1. The van der Waals surface area contributed by atoms with Crippen LogP contribution in [0.1, 0.15) is 27.2 Å². The summed E-state index contributed by atoms with van der Waals surface area (Å²) in [6, 6.07) is 0. The van der Waals surface area contributed by atoms with Gasteiger partial charge in [0.1, 0.15) is 0 Å². The molecular weight excluding hydrogens is 140 g/mol. The molecule has 0 heterocycles. The van der Waals surface area contributed by atoms with Gasteiger partial charge in [-0.3, -0.25) is 10.6 Å². The van der Waals surface area contributed by atoms with Gasteiger partial charge in [0, 0.05) is 0 Å². The van der Waals surface area contributed by atoms with Gasteiger partial charge in [-0.25, -0.2) is 0 Å². The van der Waals surface area contributed by atoms with Crippen LogP contribution >= 0.6 is 0 Å². The first-order valence-corrected chi connectivity index (χ1v) is 4.35. The third-order valence-electron chi connectivity index (χ3n) is 1.90. The maximum absolute atomic E-state index is 9.11. The number of aliphatic hydroxyl groups excluding tert-OH is 1. The van der Waals surface area contributed by atoms with E-state index in [1.165, 1.54) is 0 Å². The van der Waals surface area contributed by atoms with Crippen molar-refractivity contribution in [2.24, 2.45) is 0 Å². The summed E-state index contributed by atoms with van der Waals surface area (Å²) in [7, 11) is 0. The maximum atomic E-state index is 9.11. The summed E-state index contributed by atoms with van der Waals surface area (Å²) in [6.45, 7) is 8.03. The Labute approximate surface area is 69.2 Å². The van der Waals surface area contributed by atoms with E-state index in [0.717, 1.165) is 19.5 Å². The van der Waals surface area contributed by atoms with Crippen LogP contribution in [0.25, 0.3) is 0 Å². The van der Waals surface area contributed by atoms with E-state index < -0.39 is 0 Å². The second-order valence-corrected chi connectivity index (χ2v) is 2.65. The Morgan fingerprint density at radius 2 is 1.55 bits per heavy atom. The van der Waals surface area contributed by atoms with Gasteiger partial charge in [-0.15, -0.1) is 0 Å². The van der Waals surface area contributed by atoms with Crippen molar-refractivity contribution in [3.8, 4) is 0 Å². The highest BCUT2D eigenvalue weighted by Gasteiger charge is 2.23. The van der Waals surface area contributed by atoms with Crippen LogP contribution in [0.2, 0.25) is 0 Å². The molecule has 0 amide bonds. The standard InChI is InChI=1S/C8H20N2O/c1-4-8(7-11,9-5-2)10-6-3/h9-11H,4-7H2,1-3H3. The minimum absolute atomic E-state index is 0.144. The smallest absolute Gasteiger partial charge is 0.0922 e. The summed E-state index contributed by atoms with van der Waals surface area (Å²) >= 11 is 0. The van der Waals surface area contributed by atoms with Gasteiger partial charge < -0.3 is 5.11 Å². The van der Waals surface area contributed by atoms with Crippen molar-refractivity contribution < 1.29 is 5.11 Å². The minimum Gasteiger partial charge on any atom is -0.393 e. The number of likely N-dealkylation sites (N-methyl/N-ethyl adjacent to an activating group) is 2. The number of hydrogen-bond acceptors (Lipinski definition) is 3. The molecule has 0 bridgehead atoms. The first kappa shape index (κ1) is 10.9. The van der Waals surface area contributed by atoms with Gasteiger partial charge >= 0.3 is 0 Å². The molecule has 0 aromatic heterocycles. The van der Waals surface area contributed by atoms with Crippen LogP contribution < -0.4 is 10.6 Å². The topological polar surface area (TPSA) is 44.3 Å². The van der Waals surface area contributed by atoms with Crippen molar-refractivity contribution in [2.75, 3.05) is 19.7 Å². The highest BCUT2D eigenvalue weighted by atomic mass is 16.3. The quantitative estimate of drug-likeness (QED) is 0.490. The Morgan fingerprint density at radius 3 is 1.73 bits per heavy atom. The Kier molecular flexibility index (Phi) is 5.46. The molecule has 11 heavy (non-hydrogen) atoms. The van der Waals surface area contributed by atoms with Gasteiger partial charge in [-0.05, 0) is 19.5 Å². The Morgan fingerprint density at radius 1 is 1.09 bits per heavy atom. The van der Waals surface area contributed by atoms with Crippen LogP contribution in [0.3, 0.4) is 0 Å². The third kappa shape index (κ3) is 3.18. The molecule has 0 aliphatic rings. The van der Waals surface area contributed by atoms with E-state index in [2.05, 4.69) is 17.6 Å². The first-order valence-electron chi connectivity index (χ1n) is 4.35. The molecule has 0 unspecified atom stereocenters. The average Bonchev–Trinajstić information content (AvgIpc) is 2.04. The lowest BCUT2D eigenvalue weighted by Crippen LogP contribution is -2.59. The Balaban J connectivity index is 3.96. The van der Waals surface area contributed by atoms with Gasteiger partial charge in [0.25, 0.3) is 0 Å². The van der Waals surface area contributed by atoms with Crippen LogP contribution in [0.4, 0.5) is 0 Å². The van der Waals surface area contributed by atoms with Crippen molar-refractivity contribution in [1.82, 2.24) is 10.6 Å². The molecule has 0 atom stereocenters.